The summed E-state index contributed by atoms with van der Waals surface area (Å²) in [6, 6.07) is 24.6. The molecule has 0 spiro atoms. The summed E-state index contributed by atoms with van der Waals surface area (Å²) >= 11 is 0. The number of para-hydroxylation sites is 1. The molecule has 1 saturated heterocycles. The van der Waals surface area contributed by atoms with Gasteiger partial charge in [-0.2, -0.15) is 0 Å². The average molecular weight is 562 g/mol. The second-order valence-electron chi connectivity index (χ2n) is 11.2. The molecule has 216 valence electrons. The number of aromatic nitrogens is 2. The Labute approximate surface area is 248 Å². The van der Waals surface area contributed by atoms with Gasteiger partial charge in [0.05, 0.1) is 12.8 Å². The molecule has 1 atom stereocenters. The Kier molecular flexibility index (Phi) is 8.75. The topological polar surface area (TPSA) is 79.4 Å². The highest BCUT2D eigenvalue weighted by molar-refractivity contribution is 5.90. The van der Waals surface area contributed by atoms with Gasteiger partial charge in [0.1, 0.15) is 5.75 Å². The molecule has 7 heteroatoms. The molecular formula is C35H39N5O2. The predicted octanol–water partition coefficient (Wildman–Crippen LogP) is 6.31. The summed E-state index contributed by atoms with van der Waals surface area (Å²) in [5.74, 6) is 1.71. The number of hydrogen-bond donors (Lipinski definition) is 2. The van der Waals surface area contributed by atoms with Gasteiger partial charge < -0.3 is 20.3 Å². The van der Waals surface area contributed by atoms with Crippen molar-refractivity contribution >= 4 is 17.5 Å². The SMILES string of the molecule is COc1ccccc1CCC(=O)Nc1ccc(C2Cc3cnc(NCCCN4CCCC4)nc3-c3ccccc32)cc1. The van der Waals surface area contributed by atoms with Gasteiger partial charge in [-0.25, -0.2) is 9.97 Å². The van der Waals surface area contributed by atoms with Gasteiger partial charge in [0.2, 0.25) is 11.9 Å². The minimum absolute atomic E-state index is 0.0109. The van der Waals surface area contributed by atoms with E-state index in [1.165, 1.54) is 42.6 Å². The van der Waals surface area contributed by atoms with Crippen LogP contribution in [-0.2, 0) is 17.6 Å². The number of carbonyl (C=O) groups excluding carboxylic acids is 1. The Morgan fingerprint density at radius 1 is 1.00 bits per heavy atom. The van der Waals surface area contributed by atoms with Crippen LogP contribution >= 0.6 is 0 Å². The molecule has 1 aromatic heterocycles. The number of nitrogens with one attached hydrogen (secondary N) is 2. The standard InChI is InChI=1S/C35H39N5O2/c1-42-32-12-5-2-9-26(32)15-18-33(41)38-28-16-13-25(14-17-28)31-23-27-24-37-35(36-19-8-22-40-20-6-7-21-40)39-34(27)30-11-4-3-10-29(30)31/h2-5,9-14,16-17,24,31H,6-8,15,18-23H2,1H3,(H,38,41)(H,36,37,39). The maximum Gasteiger partial charge on any atom is 0.224 e. The quantitative estimate of drug-likeness (QED) is 0.209. The minimum Gasteiger partial charge on any atom is -0.496 e. The number of ether oxygens (including phenoxy) is 1. The molecule has 42 heavy (non-hydrogen) atoms. The smallest absolute Gasteiger partial charge is 0.224 e. The molecular weight excluding hydrogens is 522 g/mol. The van der Waals surface area contributed by atoms with Crippen molar-refractivity contribution in [3.63, 3.8) is 0 Å². The zero-order valence-corrected chi connectivity index (χ0v) is 24.3. The first-order valence-electron chi connectivity index (χ1n) is 15.1. The highest BCUT2D eigenvalue weighted by Gasteiger charge is 2.27. The molecule has 0 saturated carbocycles. The molecule has 0 bridgehead atoms. The van der Waals surface area contributed by atoms with E-state index in [9.17, 15) is 4.79 Å². The summed E-state index contributed by atoms with van der Waals surface area (Å²) in [6.45, 7) is 4.47. The van der Waals surface area contributed by atoms with Crippen LogP contribution in [0.25, 0.3) is 11.3 Å². The molecule has 0 radical (unpaired) electrons. The number of methoxy groups -OCH3 is 1. The summed E-state index contributed by atoms with van der Waals surface area (Å²) in [7, 11) is 1.66. The lowest BCUT2D eigenvalue weighted by Gasteiger charge is -2.27. The third-order valence-corrected chi connectivity index (χ3v) is 8.42. The van der Waals surface area contributed by atoms with E-state index in [4.69, 9.17) is 9.72 Å². The first-order valence-corrected chi connectivity index (χ1v) is 15.1. The fourth-order valence-electron chi connectivity index (χ4n) is 6.21. The van der Waals surface area contributed by atoms with Gasteiger partial charge in [-0.15, -0.1) is 0 Å². The molecule has 1 amide bonds. The van der Waals surface area contributed by atoms with Crippen LogP contribution in [0.4, 0.5) is 11.6 Å². The average Bonchev–Trinajstić information content (AvgIpc) is 3.56. The summed E-state index contributed by atoms with van der Waals surface area (Å²) in [5, 5.41) is 6.50. The van der Waals surface area contributed by atoms with Crippen molar-refractivity contribution < 1.29 is 9.53 Å². The van der Waals surface area contributed by atoms with Gasteiger partial charge in [0, 0.05) is 36.3 Å². The van der Waals surface area contributed by atoms with E-state index in [0.717, 1.165) is 54.2 Å². The highest BCUT2D eigenvalue weighted by atomic mass is 16.5. The van der Waals surface area contributed by atoms with Crippen molar-refractivity contribution in [2.45, 2.75) is 44.4 Å². The van der Waals surface area contributed by atoms with Gasteiger partial charge in [-0.05, 0) is 92.2 Å². The number of carbonyl (C=O) groups is 1. The van der Waals surface area contributed by atoms with Gasteiger partial charge in [-0.1, -0.05) is 54.6 Å². The number of rotatable bonds is 11. The molecule has 1 unspecified atom stereocenters. The van der Waals surface area contributed by atoms with Crippen LogP contribution in [0.15, 0.2) is 79.0 Å². The number of anilines is 2. The van der Waals surface area contributed by atoms with Crippen molar-refractivity contribution in [1.29, 1.82) is 0 Å². The monoisotopic (exact) mass is 561 g/mol. The van der Waals surface area contributed by atoms with Gasteiger partial charge in [-0.3, -0.25) is 4.79 Å². The van der Waals surface area contributed by atoms with E-state index in [1.807, 2.05) is 42.6 Å². The second kappa shape index (κ2) is 13.2. The summed E-state index contributed by atoms with van der Waals surface area (Å²) in [5.41, 5.74) is 7.68. The molecule has 2 aliphatic rings. The normalized spacial score (nSPS) is 16.0. The molecule has 1 fully saturated rings. The lowest BCUT2D eigenvalue weighted by atomic mass is 9.78. The summed E-state index contributed by atoms with van der Waals surface area (Å²) < 4.78 is 5.41. The zero-order valence-electron chi connectivity index (χ0n) is 24.3. The van der Waals surface area contributed by atoms with E-state index in [-0.39, 0.29) is 11.8 Å². The van der Waals surface area contributed by atoms with Crippen molar-refractivity contribution in [2.24, 2.45) is 0 Å². The maximum atomic E-state index is 12.7. The second-order valence-corrected chi connectivity index (χ2v) is 11.2. The molecule has 6 rings (SSSR count). The minimum atomic E-state index is -0.0109. The van der Waals surface area contributed by atoms with Gasteiger partial charge >= 0.3 is 0 Å². The third kappa shape index (κ3) is 6.47. The van der Waals surface area contributed by atoms with Crippen LogP contribution in [0.2, 0.25) is 0 Å². The first kappa shape index (κ1) is 27.9. The molecule has 1 aliphatic carbocycles. The van der Waals surface area contributed by atoms with Crippen LogP contribution in [0.3, 0.4) is 0 Å². The number of aryl methyl sites for hydroxylation is 1. The number of likely N-dealkylation sites (tertiary alicyclic amines) is 1. The van der Waals surface area contributed by atoms with Gasteiger partial charge in [0.25, 0.3) is 0 Å². The molecule has 1 aliphatic heterocycles. The Hall–Kier alpha value is -4.23. The maximum absolute atomic E-state index is 12.7. The van der Waals surface area contributed by atoms with E-state index in [0.29, 0.717) is 18.8 Å². The van der Waals surface area contributed by atoms with Crippen molar-refractivity contribution in [2.75, 3.05) is 43.9 Å². The fraction of sp³-hybridized carbons (Fsp3) is 0.343. The number of benzene rings is 3. The van der Waals surface area contributed by atoms with Crippen LogP contribution in [0, 0.1) is 0 Å². The highest BCUT2D eigenvalue weighted by Crippen LogP contribution is 2.42. The predicted molar refractivity (Wildman–Crippen MR) is 168 cm³/mol. The summed E-state index contributed by atoms with van der Waals surface area (Å²) in [6.07, 6.45) is 7.60. The molecule has 2 heterocycles. The van der Waals surface area contributed by atoms with Crippen molar-refractivity contribution in [3.05, 3.63) is 101 Å². The number of fused-ring (bicyclic) bond motifs is 3. The Bertz CT molecular complexity index is 1510. The molecule has 7 nitrogen and oxygen atoms in total. The van der Waals surface area contributed by atoms with Crippen LogP contribution in [-0.4, -0.2) is 54.1 Å². The lowest BCUT2D eigenvalue weighted by molar-refractivity contribution is -0.116. The summed E-state index contributed by atoms with van der Waals surface area (Å²) in [4.78, 5) is 24.8. The largest absolute Gasteiger partial charge is 0.496 e. The van der Waals surface area contributed by atoms with Crippen LogP contribution in [0.5, 0.6) is 5.75 Å². The van der Waals surface area contributed by atoms with Crippen molar-refractivity contribution in [1.82, 2.24) is 14.9 Å². The zero-order chi connectivity index (χ0) is 28.7. The Balaban J connectivity index is 1.09. The van der Waals surface area contributed by atoms with Crippen molar-refractivity contribution in [3.8, 4) is 17.0 Å². The van der Waals surface area contributed by atoms with Gasteiger partial charge in [0.15, 0.2) is 0 Å². The third-order valence-electron chi connectivity index (χ3n) is 8.42. The lowest BCUT2D eigenvalue weighted by Crippen LogP contribution is -2.22. The Morgan fingerprint density at radius 3 is 2.62 bits per heavy atom. The van der Waals surface area contributed by atoms with E-state index < -0.39 is 0 Å². The first-order chi connectivity index (χ1) is 20.7. The van der Waals surface area contributed by atoms with Crippen LogP contribution in [0.1, 0.15) is 53.9 Å². The Morgan fingerprint density at radius 2 is 1.79 bits per heavy atom. The van der Waals surface area contributed by atoms with Crippen LogP contribution < -0.4 is 15.4 Å². The number of hydrogen-bond acceptors (Lipinski definition) is 6. The number of amides is 1. The fourth-order valence-corrected chi connectivity index (χ4v) is 6.21. The van der Waals surface area contributed by atoms with E-state index in [2.05, 4.69) is 56.9 Å². The molecule has 4 aromatic rings. The number of nitrogens with zero attached hydrogens (tertiary/aromatic N) is 3. The molecule has 2 N–H and O–H groups in total. The van der Waals surface area contributed by atoms with E-state index in [1.54, 1.807) is 7.11 Å². The van der Waals surface area contributed by atoms with E-state index >= 15 is 0 Å². The molecule has 3 aromatic carbocycles.